The van der Waals surface area contributed by atoms with Crippen molar-refractivity contribution in [3.05, 3.63) is 65.0 Å². The zero-order chi connectivity index (χ0) is 13.9. The van der Waals surface area contributed by atoms with Gasteiger partial charge in [0.1, 0.15) is 5.75 Å². The van der Waals surface area contributed by atoms with E-state index in [4.69, 9.17) is 0 Å². The lowest BCUT2D eigenvalue weighted by atomic mass is 10.0. The maximum Gasteiger partial charge on any atom is 0.115 e. The highest BCUT2D eigenvalue weighted by Crippen LogP contribution is 2.31. The molecule has 0 aliphatic rings. The van der Waals surface area contributed by atoms with Gasteiger partial charge >= 0.3 is 0 Å². The topological polar surface area (TPSA) is 44.0 Å². The van der Waals surface area contributed by atoms with E-state index < -0.39 is 0 Å². The molecule has 0 saturated heterocycles. The van der Waals surface area contributed by atoms with Crippen LogP contribution in [0.25, 0.3) is 21.7 Å². The summed E-state index contributed by atoms with van der Waals surface area (Å²) in [6.45, 7) is 0. The van der Waals surface area contributed by atoms with Crippen LogP contribution < -0.4 is 0 Å². The Morgan fingerprint density at radius 1 is 1.10 bits per heavy atom. The van der Waals surface area contributed by atoms with Crippen LogP contribution in [0.1, 0.15) is 11.1 Å². The molecule has 96 valence electrons. The van der Waals surface area contributed by atoms with Crippen LogP contribution in [0.5, 0.6) is 5.75 Å². The first-order chi connectivity index (χ1) is 9.78. The van der Waals surface area contributed by atoms with E-state index in [-0.39, 0.29) is 5.75 Å². The molecule has 2 aromatic carbocycles. The van der Waals surface area contributed by atoms with Crippen molar-refractivity contribution < 1.29 is 5.11 Å². The van der Waals surface area contributed by atoms with Crippen molar-refractivity contribution in [1.82, 2.24) is 0 Å². The molecule has 0 bridgehead atoms. The number of hydrogen-bond donors (Lipinski definition) is 1. The van der Waals surface area contributed by atoms with E-state index >= 15 is 0 Å². The number of allylic oxidation sites excluding steroid dienone is 1. The number of thiophene rings is 1. The molecule has 1 aromatic heterocycles. The van der Waals surface area contributed by atoms with E-state index in [0.717, 1.165) is 16.5 Å². The van der Waals surface area contributed by atoms with Crippen molar-refractivity contribution >= 4 is 33.1 Å². The SMILES string of the molecule is N#C/C(=C\c1ccc(O)cc1)c1csc2ccccc12. The van der Waals surface area contributed by atoms with Gasteiger partial charge in [-0.3, -0.25) is 0 Å². The van der Waals surface area contributed by atoms with Gasteiger partial charge < -0.3 is 5.11 Å². The lowest BCUT2D eigenvalue weighted by molar-refractivity contribution is 0.475. The van der Waals surface area contributed by atoms with Gasteiger partial charge in [0.25, 0.3) is 0 Å². The molecule has 0 radical (unpaired) electrons. The largest absolute Gasteiger partial charge is 0.508 e. The average molecular weight is 277 g/mol. The van der Waals surface area contributed by atoms with Crippen LogP contribution in [-0.4, -0.2) is 5.11 Å². The zero-order valence-corrected chi connectivity index (χ0v) is 11.4. The molecule has 0 amide bonds. The third kappa shape index (κ3) is 2.29. The van der Waals surface area contributed by atoms with E-state index in [1.54, 1.807) is 35.6 Å². The lowest BCUT2D eigenvalue weighted by Crippen LogP contribution is -1.80. The minimum absolute atomic E-state index is 0.224. The minimum atomic E-state index is 0.224. The predicted molar refractivity (Wildman–Crippen MR) is 83.4 cm³/mol. The first-order valence-electron chi connectivity index (χ1n) is 6.15. The molecule has 0 aliphatic heterocycles. The lowest BCUT2D eigenvalue weighted by Gasteiger charge is -1.99. The van der Waals surface area contributed by atoms with E-state index in [2.05, 4.69) is 12.1 Å². The minimum Gasteiger partial charge on any atom is -0.508 e. The van der Waals surface area contributed by atoms with Gasteiger partial charge in [-0.2, -0.15) is 5.26 Å². The van der Waals surface area contributed by atoms with Crippen LogP contribution in [-0.2, 0) is 0 Å². The first-order valence-corrected chi connectivity index (χ1v) is 7.03. The highest BCUT2D eigenvalue weighted by Gasteiger charge is 2.08. The average Bonchev–Trinajstić information content (AvgIpc) is 2.91. The van der Waals surface area contributed by atoms with Crippen molar-refractivity contribution in [3.8, 4) is 11.8 Å². The number of phenols is 1. The number of phenolic OH excluding ortho intramolecular Hbond substituents is 1. The Balaban J connectivity index is 2.10. The number of hydrogen-bond acceptors (Lipinski definition) is 3. The summed E-state index contributed by atoms with van der Waals surface area (Å²) in [6.07, 6.45) is 1.84. The molecule has 1 heterocycles. The van der Waals surface area contributed by atoms with Gasteiger partial charge in [-0.25, -0.2) is 0 Å². The van der Waals surface area contributed by atoms with Crippen LogP contribution in [0.4, 0.5) is 0 Å². The molecule has 1 N–H and O–H groups in total. The van der Waals surface area contributed by atoms with E-state index in [9.17, 15) is 10.4 Å². The number of rotatable bonds is 2. The Bertz CT molecular complexity index is 822. The Labute approximate surface area is 120 Å². The summed E-state index contributed by atoms with van der Waals surface area (Å²) in [5.41, 5.74) is 2.49. The van der Waals surface area contributed by atoms with Crippen LogP contribution in [0.2, 0.25) is 0 Å². The zero-order valence-electron chi connectivity index (χ0n) is 10.6. The number of nitriles is 1. The van der Waals surface area contributed by atoms with Gasteiger partial charge in [0.05, 0.1) is 11.6 Å². The number of nitrogens with zero attached hydrogens (tertiary/aromatic N) is 1. The predicted octanol–water partition coefficient (Wildman–Crippen LogP) is 4.67. The molecule has 0 atom stereocenters. The van der Waals surface area contributed by atoms with Crippen molar-refractivity contribution in [1.29, 1.82) is 5.26 Å². The molecule has 2 nitrogen and oxygen atoms in total. The van der Waals surface area contributed by atoms with Crippen LogP contribution in [0.3, 0.4) is 0 Å². The summed E-state index contributed by atoms with van der Waals surface area (Å²) in [4.78, 5) is 0. The standard InChI is InChI=1S/C17H11NOS/c18-10-13(9-12-5-7-14(19)8-6-12)16-11-20-17-4-2-1-3-15(16)17/h1-9,11,19H/b13-9+. The molecule has 3 heteroatoms. The van der Waals surface area contributed by atoms with Gasteiger partial charge in [0, 0.05) is 21.0 Å². The van der Waals surface area contributed by atoms with Crippen LogP contribution in [0, 0.1) is 11.3 Å². The van der Waals surface area contributed by atoms with Crippen molar-refractivity contribution in [2.75, 3.05) is 0 Å². The monoisotopic (exact) mass is 277 g/mol. The fraction of sp³-hybridized carbons (Fsp3) is 0. The normalized spacial score (nSPS) is 11.4. The van der Waals surface area contributed by atoms with Crippen LogP contribution in [0.15, 0.2) is 53.9 Å². The van der Waals surface area contributed by atoms with Crippen molar-refractivity contribution in [2.45, 2.75) is 0 Å². The summed E-state index contributed by atoms with van der Waals surface area (Å²) in [5, 5.41) is 21.8. The van der Waals surface area contributed by atoms with Gasteiger partial charge in [-0.1, -0.05) is 30.3 Å². The highest BCUT2D eigenvalue weighted by atomic mass is 32.1. The fourth-order valence-corrected chi connectivity index (χ4v) is 3.05. The smallest absolute Gasteiger partial charge is 0.115 e. The van der Waals surface area contributed by atoms with Gasteiger partial charge in [0.15, 0.2) is 0 Å². The molecule has 20 heavy (non-hydrogen) atoms. The summed E-state index contributed by atoms with van der Waals surface area (Å²) < 4.78 is 1.18. The van der Waals surface area contributed by atoms with E-state index in [1.165, 1.54) is 4.70 Å². The van der Waals surface area contributed by atoms with E-state index in [1.807, 2.05) is 29.7 Å². The Morgan fingerprint density at radius 2 is 1.85 bits per heavy atom. The molecule has 3 rings (SSSR count). The summed E-state index contributed by atoms with van der Waals surface area (Å²) in [6, 6.07) is 17.2. The Kier molecular flexibility index (Phi) is 3.24. The third-order valence-electron chi connectivity index (χ3n) is 3.10. The molecule has 0 fully saturated rings. The fourth-order valence-electron chi connectivity index (χ4n) is 2.09. The second-order valence-corrected chi connectivity index (χ2v) is 5.32. The quantitative estimate of drug-likeness (QED) is 0.692. The number of fused-ring (bicyclic) bond motifs is 1. The maximum absolute atomic E-state index is 9.41. The van der Waals surface area contributed by atoms with Crippen molar-refractivity contribution in [2.24, 2.45) is 0 Å². The maximum atomic E-state index is 9.41. The Hall–Kier alpha value is -2.57. The molecule has 3 aromatic rings. The highest BCUT2D eigenvalue weighted by molar-refractivity contribution is 7.17. The summed E-state index contributed by atoms with van der Waals surface area (Å²) in [5.74, 6) is 0.224. The summed E-state index contributed by atoms with van der Waals surface area (Å²) >= 11 is 1.64. The molecular weight excluding hydrogens is 266 g/mol. The van der Waals surface area contributed by atoms with Gasteiger partial charge in [-0.05, 0) is 29.8 Å². The molecule has 0 saturated carbocycles. The van der Waals surface area contributed by atoms with Gasteiger partial charge in [-0.15, -0.1) is 11.3 Å². The molecule has 0 aliphatic carbocycles. The number of aromatic hydroxyl groups is 1. The van der Waals surface area contributed by atoms with E-state index in [0.29, 0.717) is 5.57 Å². The van der Waals surface area contributed by atoms with Crippen LogP contribution >= 0.6 is 11.3 Å². The summed E-state index contributed by atoms with van der Waals surface area (Å²) in [7, 11) is 0. The second-order valence-electron chi connectivity index (χ2n) is 4.41. The first kappa shape index (κ1) is 12.5. The molecular formula is C17H11NOS. The van der Waals surface area contributed by atoms with Crippen molar-refractivity contribution in [3.63, 3.8) is 0 Å². The molecule has 0 unspecified atom stereocenters. The second kappa shape index (κ2) is 5.20. The molecule has 0 spiro atoms. The Morgan fingerprint density at radius 3 is 2.60 bits per heavy atom. The van der Waals surface area contributed by atoms with Gasteiger partial charge in [0.2, 0.25) is 0 Å². The third-order valence-corrected chi connectivity index (χ3v) is 4.06. The number of benzene rings is 2.